The molecule has 110 valence electrons. The molecule has 0 aliphatic heterocycles. The van der Waals surface area contributed by atoms with E-state index in [4.69, 9.17) is 12.2 Å². The van der Waals surface area contributed by atoms with Gasteiger partial charge in [0.25, 0.3) is 0 Å². The van der Waals surface area contributed by atoms with Crippen LogP contribution in [0.15, 0.2) is 48.5 Å². The van der Waals surface area contributed by atoms with Crippen LogP contribution in [0, 0.1) is 13.8 Å². The van der Waals surface area contributed by atoms with E-state index in [1.54, 1.807) is 11.8 Å². The van der Waals surface area contributed by atoms with Gasteiger partial charge in [-0.1, -0.05) is 60.2 Å². The molecule has 2 aromatic rings. The quantitative estimate of drug-likeness (QED) is 0.731. The number of hydrogen-bond donors (Lipinski definition) is 0. The van der Waals surface area contributed by atoms with E-state index in [1.165, 1.54) is 22.4 Å². The van der Waals surface area contributed by atoms with Crippen LogP contribution in [-0.4, -0.2) is 17.1 Å². The average Bonchev–Trinajstić information content (AvgIpc) is 2.50. The Balaban J connectivity index is 2.20. The Morgan fingerprint density at radius 2 is 1.81 bits per heavy atom. The van der Waals surface area contributed by atoms with Gasteiger partial charge in [-0.25, -0.2) is 0 Å². The molecule has 0 N–H and O–H groups in total. The van der Waals surface area contributed by atoms with E-state index in [1.807, 2.05) is 6.26 Å². The number of aryl methyl sites for hydroxylation is 2. The lowest BCUT2D eigenvalue weighted by Gasteiger charge is -2.26. The predicted octanol–water partition coefficient (Wildman–Crippen LogP) is 5.00. The second kappa shape index (κ2) is 7.62. The van der Waals surface area contributed by atoms with Gasteiger partial charge in [-0.15, -0.1) is 11.8 Å². The first-order valence-corrected chi connectivity index (χ1v) is 8.72. The van der Waals surface area contributed by atoms with Crippen LogP contribution in [0.5, 0.6) is 0 Å². The zero-order valence-electron chi connectivity index (χ0n) is 12.8. The maximum atomic E-state index is 5.56. The summed E-state index contributed by atoms with van der Waals surface area (Å²) in [7, 11) is 0. The van der Waals surface area contributed by atoms with Crippen LogP contribution in [0.1, 0.15) is 16.7 Å². The largest absolute Gasteiger partial charge is 0.327 e. The van der Waals surface area contributed by atoms with Gasteiger partial charge in [0.15, 0.2) is 0 Å². The van der Waals surface area contributed by atoms with E-state index >= 15 is 0 Å². The van der Waals surface area contributed by atoms with Gasteiger partial charge in [0.1, 0.15) is 4.32 Å². The summed E-state index contributed by atoms with van der Waals surface area (Å²) in [6.07, 6.45) is 3.04. The molecule has 0 heterocycles. The lowest BCUT2D eigenvalue weighted by Crippen LogP contribution is -2.30. The minimum Gasteiger partial charge on any atom is -0.327 e. The Labute approximate surface area is 137 Å². The monoisotopic (exact) mass is 315 g/mol. The summed E-state index contributed by atoms with van der Waals surface area (Å²) in [4.78, 5) is 2.25. The molecular formula is C18H21NS2. The van der Waals surface area contributed by atoms with Crippen LogP contribution >= 0.6 is 24.0 Å². The number of thiocarbonyl (C=S) groups is 1. The van der Waals surface area contributed by atoms with Crippen molar-refractivity contribution in [3.8, 4) is 0 Å². The van der Waals surface area contributed by atoms with Gasteiger partial charge < -0.3 is 4.90 Å². The van der Waals surface area contributed by atoms with Crippen molar-refractivity contribution in [1.82, 2.24) is 0 Å². The summed E-state index contributed by atoms with van der Waals surface area (Å²) in [6, 6.07) is 17.1. The van der Waals surface area contributed by atoms with Crippen LogP contribution in [0.3, 0.4) is 0 Å². The molecule has 0 atom stereocenters. The van der Waals surface area contributed by atoms with E-state index < -0.39 is 0 Å². The highest BCUT2D eigenvalue weighted by Crippen LogP contribution is 2.24. The van der Waals surface area contributed by atoms with Crippen molar-refractivity contribution in [2.24, 2.45) is 0 Å². The van der Waals surface area contributed by atoms with Crippen molar-refractivity contribution in [2.45, 2.75) is 20.3 Å². The first-order valence-electron chi connectivity index (χ1n) is 7.08. The minimum absolute atomic E-state index is 0.910. The second-order valence-corrected chi connectivity index (χ2v) is 6.59. The molecule has 0 fully saturated rings. The van der Waals surface area contributed by atoms with Crippen molar-refractivity contribution in [3.05, 3.63) is 65.2 Å². The van der Waals surface area contributed by atoms with Gasteiger partial charge in [0.2, 0.25) is 0 Å². The van der Waals surface area contributed by atoms with Crippen molar-refractivity contribution >= 4 is 34.0 Å². The molecule has 2 rings (SSSR count). The molecule has 0 spiro atoms. The summed E-state index contributed by atoms with van der Waals surface area (Å²) in [6.45, 7) is 5.19. The fourth-order valence-electron chi connectivity index (χ4n) is 2.41. The highest BCUT2D eigenvalue weighted by atomic mass is 32.2. The summed E-state index contributed by atoms with van der Waals surface area (Å²) in [5, 5.41) is 0. The molecule has 0 radical (unpaired) electrons. The standard InChI is InChI=1S/C18H21NS2/c1-14-9-10-17(15(2)13-14)19(18(20)21-3)12-11-16-7-5-4-6-8-16/h4-10,13H,11-12H2,1-3H3. The maximum Gasteiger partial charge on any atom is 0.140 e. The first kappa shape index (κ1) is 16.1. The molecule has 2 aromatic carbocycles. The Bertz CT molecular complexity index is 608. The Hall–Kier alpha value is -1.32. The topological polar surface area (TPSA) is 3.24 Å². The minimum atomic E-state index is 0.910. The molecular weight excluding hydrogens is 294 g/mol. The zero-order chi connectivity index (χ0) is 15.2. The van der Waals surface area contributed by atoms with Gasteiger partial charge in [0.05, 0.1) is 0 Å². The Kier molecular flexibility index (Phi) is 5.83. The number of benzene rings is 2. The molecule has 1 nitrogen and oxygen atoms in total. The van der Waals surface area contributed by atoms with E-state index in [0.717, 1.165) is 17.3 Å². The third-order valence-corrected chi connectivity index (χ3v) is 4.80. The predicted molar refractivity (Wildman–Crippen MR) is 99.5 cm³/mol. The van der Waals surface area contributed by atoms with Crippen LogP contribution in [0.4, 0.5) is 5.69 Å². The molecule has 3 heteroatoms. The fraction of sp³-hybridized carbons (Fsp3) is 0.278. The SMILES string of the molecule is CSC(=S)N(CCc1ccccc1)c1ccc(C)cc1C. The third kappa shape index (κ3) is 4.32. The number of thioether (sulfide) groups is 1. The second-order valence-electron chi connectivity index (χ2n) is 5.15. The van der Waals surface area contributed by atoms with Crippen molar-refractivity contribution in [2.75, 3.05) is 17.7 Å². The smallest absolute Gasteiger partial charge is 0.140 e. The van der Waals surface area contributed by atoms with E-state index in [-0.39, 0.29) is 0 Å². The number of anilines is 1. The fourth-order valence-corrected chi connectivity index (χ4v) is 3.01. The molecule has 0 saturated carbocycles. The Morgan fingerprint density at radius 3 is 2.43 bits per heavy atom. The normalized spacial score (nSPS) is 10.4. The summed E-state index contributed by atoms with van der Waals surface area (Å²) in [5.41, 5.74) is 5.13. The van der Waals surface area contributed by atoms with E-state index in [2.05, 4.69) is 67.3 Å². The average molecular weight is 316 g/mol. The first-order chi connectivity index (χ1) is 10.1. The molecule has 0 aromatic heterocycles. The van der Waals surface area contributed by atoms with Gasteiger partial charge in [-0.3, -0.25) is 0 Å². The zero-order valence-corrected chi connectivity index (χ0v) is 14.4. The van der Waals surface area contributed by atoms with Crippen molar-refractivity contribution in [3.63, 3.8) is 0 Å². The lowest BCUT2D eigenvalue weighted by molar-refractivity contribution is 0.942. The summed E-state index contributed by atoms with van der Waals surface area (Å²) < 4.78 is 0.929. The van der Waals surface area contributed by atoms with Gasteiger partial charge in [-0.2, -0.15) is 0 Å². The molecule has 0 amide bonds. The van der Waals surface area contributed by atoms with Gasteiger partial charge >= 0.3 is 0 Å². The molecule has 21 heavy (non-hydrogen) atoms. The highest BCUT2D eigenvalue weighted by Gasteiger charge is 2.13. The van der Waals surface area contributed by atoms with Crippen LogP contribution < -0.4 is 4.90 Å². The van der Waals surface area contributed by atoms with Crippen molar-refractivity contribution < 1.29 is 0 Å². The molecule has 0 bridgehead atoms. The van der Waals surface area contributed by atoms with Gasteiger partial charge in [-0.05, 0) is 43.7 Å². The van der Waals surface area contributed by atoms with Crippen LogP contribution in [0.2, 0.25) is 0 Å². The molecule has 0 aliphatic rings. The number of rotatable bonds is 4. The maximum absolute atomic E-state index is 5.56. The van der Waals surface area contributed by atoms with Crippen LogP contribution in [0.25, 0.3) is 0 Å². The summed E-state index contributed by atoms with van der Waals surface area (Å²) >= 11 is 7.19. The third-order valence-electron chi connectivity index (χ3n) is 3.51. The molecule has 0 saturated heterocycles. The van der Waals surface area contributed by atoms with Crippen LogP contribution in [-0.2, 0) is 6.42 Å². The number of hydrogen-bond acceptors (Lipinski definition) is 2. The highest BCUT2D eigenvalue weighted by molar-refractivity contribution is 8.22. The molecule has 0 aliphatic carbocycles. The van der Waals surface area contributed by atoms with Gasteiger partial charge in [0, 0.05) is 12.2 Å². The Morgan fingerprint density at radius 1 is 1.10 bits per heavy atom. The number of nitrogens with zero attached hydrogens (tertiary/aromatic N) is 1. The summed E-state index contributed by atoms with van der Waals surface area (Å²) in [5.74, 6) is 0. The lowest BCUT2D eigenvalue weighted by atomic mass is 10.1. The van der Waals surface area contributed by atoms with E-state index in [9.17, 15) is 0 Å². The van der Waals surface area contributed by atoms with E-state index in [0.29, 0.717) is 0 Å². The molecule has 0 unspecified atom stereocenters. The van der Waals surface area contributed by atoms with Crippen molar-refractivity contribution in [1.29, 1.82) is 0 Å².